The van der Waals surface area contributed by atoms with Crippen molar-refractivity contribution in [2.45, 2.75) is 19.8 Å². The molecule has 0 amide bonds. The first-order valence-electron chi connectivity index (χ1n) is 10.1. The van der Waals surface area contributed by atoms with Gasteiger partial charge in [-0.15, -0.1) is 0 Å². The van der Waals surface area contributed by atoms with Gasteiger partial charge in [0.25, 0.3) is 0 Å². The second-order valence-corrected chi connectivity index (χ2v) is 6.99. The van der Waals surface area contributed by atoms with Gasteiger partial charge >= 0.3 is 11.9 Å². The number of carbonyl (C=O) groups excluding carboxylic acids is 2. The second-order valence-electron chi connectivity index (χ2n) is 6.58. The Morgan fingerprint density at radius 2 is 1.61 bits per heavy atom. The summed E-state index contributed by atoms with van der Waals surface area (Å²) in [5.41, 5.74) is 7.49. The van der Waals surface area contributed by atoms with Gasteiger partial charge in [-0.3, -0.25) is 0 Å². The monoisotopic (exact) mass is 452 g/mol. The van der Waals surface area contributed by atoms with Crippen LogP contribution < -0.4 is 11.1 Å². The third-order valence-corrected chi connectivity index (χ3v) is 4.88. The Labute approximate surface area is 187 Å². The van der Waals surface area contributed by atoms with Gasteiger partial charge in [0.2, 0.25) is 0 Å². The number of ether oxygens (including phenoxy) is 4. The first-order chi connectivity index (χ1) is 15.0. The molecule has 1 unspecified atom stereocenters. The quantitative estimate of drug-likeness (QED) is 0.389. The van der Waals surface area contributed by atoms with Gasteiger partial charge in [-0.1, -0.05) is 29.8 Å². The van der Waals surface area contributed by atoms with Crippen molar-refractivity contribution < 1.29 is 28.5 Å². The molecule has 9 heteroatoms. The van der Waals surface area contributed by atoms with E-state index < -0.39 is 17.9 Å². The summed E-state index contributed by atoms with van der Waals surface area (Å²) in [5.74, 6) is -1.98. The number of benzene rings is 1. The lowest BCUT2D eigenvalue weighted by molar-refractivity contribution is -0.139. The van der Waals surface area contributed by atoms with Crippen LogP contribution in [0.3, 0.4) is 0 Å². The van der Waals surface area contributed by atoms with E-state index in [1.165, 1.54) is 7.11 Å². The van der Waals surface area contributed by atoms with Crippen LogP contribution in [0.2, 0.25) is 5.02 Å². The van der Waals surface area contributed by atoms with E-state index in [-0.39, 0.29) is 37.6 Å². The molecule has 1 aromatic rings. The van der Waals surface area contributed by atoms with E-state index in [9.17, 15) is 9.59 Å². The SMILES string of the molecule is CCOC(=O)C1=C(COC)NC(COCCN)=C(C(=O)OCC)C1c1ccccc1Cl. The van der Waals surface area contributed by atoms with Gasteiger partial charge in [0.1, 0.15) is 0 Å². The molecule has 2 rings (SSSR count). The van der Waals surface area contributed by atoms with E-state index in [1.807, 2.05) is 0 Å². The van der Waals surface area contributed by atoms with E-state index in [1.54, 1.807) is 38.1 Å². The smallest absolute Gasteiger partial charge is 0.336 e. The van der Waals surface area contributed by atoms with Crippen LogP contribution in [0.1, 0.15) is 25.3 Å². The maximum absolute atomic E-state index is 13.1. The highest BCUT2D eigenvalue weighted by Gasteiger charge is 2.40. The number of halogens is 1. The zero-order valence-electron chi connectivity index (χ0n) is 18.0. The molecule has 0 saturated carbocycles. The van der Waals surface area contributed by atoms with Crippen LogP contribution in [0, 0.1) is 0 Å². The Balaban J connectivity index is 2.74. The lowest BCUT2D eigenvalue weighted by Gasteiger charge is -2.32. The van der Waals surface area contributed by atoms with Crippen molar-refractivity contribution >= 4 is 23.5 Å². The van der Waals surface area contributed by atoms with Crippen LogP contribution in [0.5, 0.6) is 0 Å². The maximum atomic E-state index is 13.1. The van der Waals surface area contributed by atoms with Crippen LogP contribution in [0.25, 0.3) is 0 Å². The minimum atomic E-state index is -0.824. The number of hydrogen-bond acceptors (Lipinski definition) is 8. The molecule has 0 aliphatic carbocycles. The van der Waals surface area contributed by atoms with Gasteiger partial charge in [-0.2, -0.15) is 0 Å². The molecule has 1 aliphatic rings. The number of nitrogens with two attached hydrogens (primary N) is 1. The minimum absolute atomic E-state index is 0.0651. The van der Waals surface area contributed by atoms with Gasteiger partial charge < -0.3 is 30.0 Å². The maximum Gasteiger partial charge on any atom is 0.336 e. The highest BCUT2D eigenvalue weighted by molar-refractivity contribution is 6.31. The third-order valence-electron chi connectivity index (χ3n) is 4.53. The summed E-state index contributed by atoms with van der Waals surface area (Å²) in [7, 11) is 1.51. The fourth-order valence-electron chi connectivity index (χ4n) is 3.36. The molecule has 3 N–H and O–H groups in total. The number of carbonyl (C=O) groups is 2. The first-order valence-corrected chi connectivity index (χ1v) is 10.5. The fraction of sp³-hybridized carbons (Fsp3) is 0.455. The predicted molar refractivity (Wildman–Crippen MR) is 116 cm³/mol. The molecule has 0 aromatic heterocycles. The Morgan fingerprint density at radius 3 is 2.13 bits per heavy atom. The van der Waals surface area contributed by atoms with E-state index in [2.05, 4.69) is 5.32 Å². The van der Waals surface area contributed by atoms with Crippen LogP contribution in [0.15, 0.2) is 46.8 Å². The van der Waals surface area contributed by atoms with Gasteiger partial charge in [-0.05, 0) is 25.5 Å². The third kappa shape index (κ3) is 6.07. The summed E-state index contributed by atoms with van der Waals surface area (Å²) in [4.78, 5) is 26.1. The van der Waals surface area contributed by atoms with Crippen molar-refractivity contribution in [1.29, 1.82) is 0 Å². The zero-order valence-corrected chi connectivity index (χ0v) is 18.8. The van der Waals surface area contributed by atoms with Crippen molar-refractivity contribution in [3.05, 3.63) is 57.4 Å². The van der Waals surface area contributed by atoms with Crippen LogP contribution in [0.4, 0.5) is 0 Å². The van der Waals surface area contributed by atoms with Crippen molar-refractivity contribution in [2.24, 2.45) is 5.73 Å². The molecule has 1 aliphatic heterocycles. The van der Waals surface area contributed by atoms with Crippen molar-refractivity contribution in [1.82, 2.24) is 5.32 Å². The van der Waals surface area contributed by atoms with Crippen LogP contribution >= 0.6 is 11.6 Å². The van der Waals surface area contributed by atoms with Crippen molar-refractivity contribution in [3.63, 3.8) is 0 Å². The van der Waals surface area contributed by atoms with Gasteiger partial charge in [0, 0.05) is 18.7 Å². The molecule has 1 aromatic carbocycles. The molecule has 0 bridgehead atoms. The summed E-state index contributed by atoms with van der Waals surface area (Å²) in [6.07, 6.45) is 0. The van der Waals surface area contributed by atoms with Gasteiger partial charge in [-0.25, -0.2) is 9.59 Å². The number of rotatable bonds is 11. The topological polar surface area (TPSA) is 109 Å². The molecule has 0 spiro atoms. The molecule has 0 radical (unpaired) electrons. The minimum Gasteiger partial charge on any atom is -0.463 e. The summed E-state index contributed by atoms with van der Waals surface area (Å²) in [5, 5.41) is 3.53. The van der Waals surface area contributed by atoms with Crippen molar-refractivity contribution in [2.75, 3.05) is 46.7 Å². The summed E-state index contributed by atoms with van der Waals surface area (Å²) >= 11 is 6.50. The van der Waals surface area contributed by atoms with Gasteiger partial charge in [0.15, 0.2) is 0 Å². The summed E-state index contributed by atoms with van der Waals surface area (Å²) < 4.78 is 21.6. The summed E-state index contributed by atoms with van der Waals surface area (Å²) in [6, 6.07) is 7.02. The molecule has 170 valence electrons. The second kappa shape index (κ2) is 12.5. The zero-order chi connectivity index (χ0) is 22.8. The lowest BCUT2D eigenvalue weighted by atomic mass is 9.80. The Kier molecular flexibility index (Phi) is 10.00. The lowest BCUT2D eigenvalue weighted by Crippen LogP contribution is -2.37. The van der Waals surface area contributed by atoms with Crippen molar-refractivity contribution in [3.8, 4) is 0 Å². The number of nitrogens with one attached hydrogen (secondary N) is 1. The Morgan fingerprint density at radius 1 is 1.03 bits per heavy atom. The normalized spacial score (nSPS) is 16.2. The number of esters is 2. The Hall–Kier alpha value is -2.39. The van der Waals surface area contributed by atoms with E-state index in [4.69, 9.17) is 36.3 Å². The number of methoxy groups -OCH3 is 1. The molecular weight excluding hydrogens is 424 g/mol. The Bertz CT molecular complexity index is 852. The molecule has 1 heterocycles. The van der Waals surface area contributed by atoms with Crippen LogP contribution in [-0.4, -0.2) is 58.6 Å². The highest BCUT2D eigenvalue weighted by Crippen LogP contribution is 2.42. The first kappa shape index (κ1) is 24.9. The summed E-state index contributed by atoms with van der Waals surface area (Å²) in [6.45, 7) is 4.53. The molecule has 0 fully saturated rings. The predicted octanol–water partition coefficient (Wildman–Crippen LogP) is 2.28. The van der Waals surface area contributed by atoms with E-state index in [0.717, 1.165) is 0 Å². The average molecular weight is 453 g/mol. The number of dihydropyridines is 1. The molecule has 8 nitrogen and oxygen atoms in total. The average Bonchev–Trinajstić information content (AvgIpc) is 2.74. The molecule has 1 atom stereocenters. The molecule has 31 heavy (non-hydrogen) atoms. The number of hydrogen-bond donors (Lipinski definition) is 2. The van der Waals surface area contributed by atoms with E-state index >= 15 is 0 Å². The standard InChI is InChI=1S/C22H29ClN2O6/c1-4-30-21(26)19-16(12-28-3)25-17(13-29-11-10-24)20(22(27)31-5-2)18(19)14-8-6-7-9-15(14)23/h6-9,18,25H,4-5,10-13,24H2,1-3H3. The van der Waals surface area contributed by atoms with E-state index in [0.29, 0.717) is 35.1 Å². The largest absolute Gasteiger partial charge is 0.463 e. The highest BCUT2D eigenvalue weighted by atomic mass is 35.5. The van der Waals surface area contributed by atoms with Gasteiger partial charge in [0.05, 0.1) is 61.5 Å². The molecule has 0 saturated heterocycles. The van der Waals surface area contributed by atoms with Crippen LogP contribution in [-0.2, 0) is 28.5 Å². The molecular formula is C22H29ClN2O6. The fourth-order valence-corrected chi connectivity index (χ4v) is 3.60.